The minimum absolute atomic E-state index is 0.107. The van der Waals surface area contributed by atoms with E-state index in [0.717, 1.165) is 17.7 Å². The van der Waals surface area contributed by atoms with Crippen molar-refractivity contribution in [1.29, 1.82) is 0 Å². The molecule has 2 N–H and O–H groups in total. The molecule has 0 fully saturated rings. The fraction of sp³-hybridized carbons (Fsp3) is 0.421. The van der Waals surface area contributed by atoms with Crippen LogP contribution in [-0.2, 0) is 16.8 Å². The highest BCUT2D eigenvalue weighted by molar-refractivity contribution is 5.83. The summed E-state index contributed by atoms with van der Waals surface area (Å²) in [6, 6.07) is 11.6. The average molecular weight is 315 g/mol. The van der Waals surface area contributed by atoms with E-state index in [-0.39, 0.29) is 18.4 Å². The Hall–Kier alpha value is -2.07. The van der Waals surface area contributed by atoms with Crippen LogP contribution in [0.4, 0.5) is 0 Å². The van der Waals surface area contributed by atoms with Gasteiger partial charge in [-0.2, -0.15) is 0 Å². The molecule has 23 heavy (non-hydrogen) atoms. The molecule has 2 unspecified atom stereocenters. The van der Waals surface area contributed by atoms with E-state index in [2.05, 4.69) is 12.2 Å². The Bertz CT molecular complexity index is 656. The Morgan fingerprint density at radius 1 is 1.26 bits per heavy atom. The van der Waals surface area contributed by atoms with Gasteiger partial charge in [-0.15, -0.1) is 0 Å². The van der Waals surface area contributed by atoms with Gasteiger partial charge in [0.1, 0.15) is 17.1 Å². The van der Waals surface area contributed by atoms with E-state index in [1.807, 2.05) is 38.1 Å². The molecule has 0 aliphatic rings. The van der Waals surface area contributed by atoms with Crippen molar-refractivity contribution in [2.45, 2.75) is 45.6 Å². The number of benzene rings is 1. The van der Waals surface area contributed by atoms with Crippen molar-refractivity contribution >= 4 is 5.91 Å². The summed E-state index contributed by atoms with van der Waals surface area (Å²) >= 11 is 0. The maximum Gasteiger partial charge on any atom is 0.227 e. The van der Waals surface area contributed by atoms with Gasteiger partial charge in [-0.3, -0.25) is 4.79 Å². The number of furan rings is 1. The zero-order valence-corrected chi connectivity index (χ0v) is 14.2. The lowest BCUT2D eigenvalue weighted by Gasteiger charge is -2.22. The van der Waals surface area contributed by atoms with Crippen LogP contribution in [0.5, 0.6) is 0 Å². The van der Waals surface area contributed by atoms with Crippen LogP contribution in [0.3, 0.4) is 0 Å². The van der Waals surface area contributed by atoms with E-state index in [4.69, 9.17) is 4.42 Å². The number of hydrogen-bond donors (Lipinski definition) is 2. The van der Waals surface area contributed by atoms with Gasteiger partial charge in [0, 0.05) is 0 Å². The number of hydrogen-bond acceptors (Lipinski definition) is 3. The zero-order valence-electron chi connectivity index (χ0n) is 14.2. The number of nitrogens with one attached hydrogen (secondary N) is 1. The number of rotatable bonds is 6. The molecule has 1 amide bonds. The Morgan fingerprint density at radius 2 is 1.91 bits per heavy atom. The Labute approximate surface area is 137 Å². The Balaban J connectivity index is 1.97. The lowest BCUT2D eigenvalue weighted by molar-refractivity contribution is -0.123. The van der Waals surface area contributed by atoms with Crippen molar-refractivity contribution in [2.75, 3.05) is 6.54 Å². The van der Waals surface area contributed by atoms with E-state index in [1.54, 1.807) is 19.1 Å². The van der Waals surface area contributed by atoms with E-state index >= 15 is 0 Å². The molecule has 0 radical (unpaired) electrons. The van der Waals surface area contributed by atoms with Gasteiger partial charge >= 0.3 is 0 Å². The van der Waals surface area contributed by atoms with Gasteiger partial charge in [0.15, 0.2) is 0 Å². The summed E-state index contributed by atoms with van der Waals surface area (Å²) in [5.74, 6) is 0.805. The molecule has 2 rings (SSSR count). The maximum absolute atomic E-state index is 12.3. The van der Waals surface area contributed by atoms with Crippen LogP contribution in [0, 0.1) is 6.92 Å². The highest BCUT2D eigenvalue weighted by atomic mass is 16.4. The molecule has 1 aromatic carbocycles. The SMILES string of the molecule is CCc1ccc(C(C)C(=O)NCC(C)(O)c2ccc(C)o2)cc1. The quantitative estimate of drug-likeness (QED) is 0.860. The summed E-state index contributed by atoms with van der Waals surface area (Å²) in [5.41, 5.74) is 0.987. The van der Waals surface area contributed by atoms with Crippen LogP contribution in [-0.4, -0.2) is 17.6 Å². The highest BCUT2D eigenvalue weighted by Gasteiger charge is 2.28. The molecular formula is C19H25NO3. The summed E-state index contributed by atoms with van der Waals surface area (Å²) in [4.78, 5) is 12.3. The highest BCUT2D eigenvalue weighted by Crippen LogP contribution is 2.23. The number of carbonyl (C=O) groups is 1. The first kappa shape index (κ1) is 17.3. The monoisotopic (exact) mass is 315 g/mol. The molecule has 1 heterocycles. The van der Waals surface area contributed by atoms with Crippen LogP contribution >= 0.6 is 0 Å². The van der Waals surface area contributed by atoms with Crippen molar-refractivity contribution in [3.05, 3.63) is 59.0 Å². The molecule has 0 saturated carbocycles. The van der Waals surface area contributed by atoms with E-state index in [1.165, 1.54) is 5.56 Å². The molecule has 0 aliphatic carbocycles. The smallest absolute Gasteiger partial charge is 0.227 e. The summed E-state index contributed by atoms with van der Waals surface area (Å²) in [7, 11) is 0. The van der Waals surface area contributed by atoms with Gasteiger partial charge in [-0.05, 0) is 50.5 Å². The topological polar surface area (TPSA) is 62.5 Å². The lowest BCUT2D eigenvalue weighted by atomic mass is 9.97. The zero-order chi connectivity index (χ0) is 17.0. The first-order valence-electron chi connectivity index (χ1n) is 7.99. The predicted octanol–water partition coefficient (Wildman–Crippen LogP) is 3.28. The van der Waals surface area contributed by atoms with Crippen LogP contribution in [0.15, 0.2) is 40.8 Å². The molecule has 0 spiro atoms. The third kappa shape index (κ3) is 4.23. The van der Waals surface area contributed by atoms with Crippen LogP contribution in [0.1, 0.15) is 49.3 Å². The van der Waals surface area contributed by atoms with Gasteiger partial charge < -0.3 is 14.8 Å². The number of aliphatic hydroxyl groups is 1. The van der Waals surface area contributed by atoms with Crippen LogP contribution in [0.2, 0.25) is 0 Å². The average Bonchev–Trinajstić information content (AvgIpc) is 2.99. The third-order valence-corrected chi connectivity index (χ3v) is 4.16. The third-order valence-electron chi connectivity index (χ3n) is 4.16. The first-order chi connectivity index (χ1) is 10.8. The normalized spacial score (nSPS) is 15.0. The van der Waals surface area contributed by atoms with Gasteiger partial charge in [0.05, 0.1) is 12.5 Å². The van der Waals surface area contributed by atoms with Crippen molar-refractivity contribution in [3.63, 3.8) is 0 Å². The second-order valence-corrected chi connectivity index (χ2v) is 6.22. The lowest BCUT2D eigenvalue weighted by Crippen LogP contribution is -2.40. The van der Waals surface area contributed by atoms with Crippen LogP contribution < -0.4 is 5.32 Å². The van der Waals surface area contributed by atoms with E-state index in [0.29, 0.717) is 5.76 Å². The summed E-state index contributed by atoms with van der Waals surface area (Å²) in [6.07, 6.45) is 0.978. The van der Waals surface area contributed by atoms with Crippen molar-refractivity contribution in [3.8, 4) is 0 Å². The molecule has 4 nitrogen and oxygen atoms in total. The molecule has 124 valence electrons. The number of amides is 1. The molecule has 0 aliphatic heterocycles. The maximum atomic E-state index is 12.3. The van der Waals surface area contributed by atoms with E-state index < -0.39 is 5.60 Å². The molecule has 0 saturated heterocycles. The van der Waals surface area contributed by atoms with Crippen molar-refractivity contribution in [1.82, 2.24) is 5.32 Å². The Morgan fingerprint density at radius 3 is 2.43 bits per heavy atom. The van der Waals surface area contributed by atoms with E-state index in [9.17, 15) is 9.90 Å². The molecule has 0 bridgehead atoms. The predicted molar refractivity (Wildman–Crippen MR) is 90.3 cm³/mol. The second-order valence-electron chi connectivity index (χ2n) is 6.22. The molecule has 2 atom stereocenters. The minimum Gasteiger partial charge on any atom is -0.463 e. The molecular weight excluding hydrogens is 290 g/mol. The van der Waals surface area contributed by atoms with Gasteiger partial charge in [-0.1, -0.05) is 31.2 Å². The second kappa shape index (κ2) is 7.01. The number of carbonyl (C=O) groups excluding carboxylic acids is 1. The van der Waals surface area contributed by atoms with Crippen molar-refractivity contribution < 1.29 is 14.3 Å². The summed E-state index contributed by atoms with van der Waals surface area (Å²) in [5, 5.41) is 13.3. The fourth-order valence-corrected chi connectivity index (χ4v) is 2.42. The summed E-state index contributed by atoms with van der Waals surface area (Å²) < 4.78 is 5.45. The van der Waals surface area contributed by atoms with Gasteiger partial charge in [0.2, 0.25) is 5.91 Å². The minimum atomic E-state index is -1.23. The number of aryl methyl sites for hydroxylation is 2. The standard InChI is InChI=1S/C19H25NO3/c1-5-15-7-9-16(10-8-15)14(3)18(21)20-12-19(4,22)17-11-6-13(2)23-17/h6-11,14,22H,5,12H2,1-4H3,(H,20,21). The van der Waals surface area contributed by atoms with Crippen LogP contribution in [0.25, 0.3) is 0 Å². The first-order valence-corrected chi connectivity index (χ1v) is 7.99. The molecule has 2 aromatic rings. The van der Waals surface area contributed by atoms with Gasteiger partial charge in [0.25, 0.3) is 0 Å². The molecule has 1 aromatic heterocycles. The molecule has 4 heteroatoms. The Kier molecular flexibility index (Phi) is 5.26. The fourth-order valence-electron chi connectivity index (χ4n) is 2.42. The largest absolute Gasteiger partial charge is 0.463 e. The van der Waals surface area contributed by atoms with Gasteiger partial charge in [-0.25, -0.2) is 0 Å². The van der Waals surface area contributed by atoms with Crippen molar-refractivity contribution in [2.24, 2.45) is 0 Å². The summed E-state index contributed by atoms with van der Waals surface area (Å²) in [6.45, 7) is 7.52.